The van der Waals surface area contributed by atoms with Gasteiger partial charge in [0.05, 0.1) is 0 Å². The maximum absolute atomic E-state index is 14.7. The molecular formula is C38H51N3O6. The van der Waals surface area contributed by atoms with Gasteiger partial charge in [-0.2, -0.15) is 0 Å². The number of esters is 1. The Bertz CT molecular complexity index is 1450. The summed E-state index contributed by atoms with van der Waals surface area (Å²) in [5, 5.41) is 5.73. The Hall–Kier alpha value is -4.32. The first-order valence-corrected chi connectivity index (χ1v) is 16.4. The fraction of sp³-hybridized carbons (Fsp3) is 0.526. The average Bonchev–Trinajstić information content (AvgIpc) is 3.71. The zero-order valence-electron chi connectivity index (χ0n) is 29.3. The van der Waals surface area contributed by atoms with E-state index in [9.17, 15) is 19.2 Å². The number of carbonyl (C=O) groups is 4. The Kier molecular flexibility index (Phi) is 12.3. The molecule has 6 unspecified atom stereocenters. The molecule has 2 aromatic carbocycles. The van der Waals surface area contributed by atoms with Gasteiger partial charge in [0.15, 0.2) is 0 Å². The lowest BCUT2D eigenvalue weighted by Crippen LogP contribution is -2.57. The van der Waals surface area contributed by atoms with Gasteiger partial charge in [0.1, 0.15) is 29.3 Å². The first kappa shape index (κ1) is 37.1. The molecule has 6 atom stereocenters. The molecule has 47 heavy (non-hydrogen) atoms. The zero-order chi connectivity index (χ0) is 35.1. The molecular weight excluding hydrogens is 594 g/mol. The summed E-state index contributed by atoms with van der Waals surface area (Å²) in [6.45, 7) is 16.3. The second-order valence-corrected chi connectivity index (χ2v) is 14.5. The van der Waals surface area contributed by atoms with Crippen molar-refractivity contribution in [3.8, 4) is 12.3 Å². The molecule has 254 valence electrons. The Morgan fingerprint density at radius 2 is 1.51 bits per heavy atom. The molecule has 3 rings (SSSR count). The summed E-state index contributed by atoms with van der Waals surface area (Å²) in [5.41, 5.74) is 0.139. The van der Waals surface area contributed by atoms with Crippen molar-refractivity contribution in [3.63, 3.8) is 0 Å². The summed E-state index contributed by atoms with van der Waals surface area (Å²) in [6, 6.07) is 12.8. The number of carbonyl (C=O) groups excluding carboxylic acids is 4. The van der Waals surface area contributed by atoms with Crippen LogP contribution in [-0.4, -0.2) is 58.1 Å². The van der Waals surface area contributed by atoms with Crippen molar-refractivity contribution >= 4 is 23.9 Å². The van der Waals surface area contributed by atoms with Crippen molar-refractivity contribution in [2.45, 2.75) is 117 Å². The molecule has 1 fully saturated rings. The van der Waals surface area contributed by atoms with Gasteiger partial charge in [-0.3, -0.25) is 9.59 Å². The highest BCUT2D eigenvalue weighted by atomic mass is 16.6. The molecule has 0 saturated heterocycles. The number of ether oxygens (including phenoxy) is 2. The molecule has 3 amide bonds. The summed E-state index contributed by atoms with van der Waals surface area (Å²) in [5.74, 6) is 0.871. The number of hydrogen-bond donors (Lipinski definition) is 2. The van der Waals surface area contributed by atoms with Crippen LogP contribution in [0.25, 0.3) is 0 Å². The van der Waals surface area contributed by atoms with E-state index in [1.807, 2.05) is 51.1 Å². The van der Waals surface area contributed by atoms with E-state index < -0.39 is 53.2 Å². The van der Waals surface area contributed by atoms with Gasteiger partial charge in [-0.05, 0) is 77.0 Å². The SMILES string of the molecule is C#Cc1ccccc1C(C(=O)NC(Cc1ccccc1)C(=O)OC(C)(C)C)N(C(=O)C(NC(=O)OC(C)(C)C)C(C)CC)C1CC1C. The molecule has 0 aliphatic heterocycles. The standard InChI is InChI=1S/C38H51N3O6/c1-11-24(3)31(40-36(45)47-38(8,9)10)34(43)41(30-22-25(30)4)32(28-21-17-16-20-27(28)12-2)33(42)39-29(35(44)46-37(5,6)7)23-26-18-14-13-15-19-26/h2,13-21,24-25,29-32H,11,22-23H2,1,3-10H3,(H,39,42)(H,40,45). The second-order valence-electron chi connectivity index (χ2n) is 14.5. The van der Waals surface area contributed by atoms with E-state index in [0.717, 1.165) is 5.56 Å². The van der Waals surface area contributed by atoms with E-state index in [4.69, 9.17) is 15.9 Å². The lowest BCUT2D eigenvalue weighted by molar-refractivity contribution is -0.159. The largest absolute Gasteiger partial charge is 0.458 e. The van der Waals surface area contributed by atoms with E-state index in [0.29, 0.717) is 24.0 Å². The van der Waals surface area contributed by atoms with Crippen LogP contribution >= 0.6 is 0 Å². The summed E-state index contributed by atoms with van der Waals surface area (Å²) in [4.78, 5) is 57.5. The third-order valence-electron chi connectivity index (χ3n) is 8.06. The smallest absolute Gasteiger partial charge is 0.408 e. The Morgan fingerprint density at radius 1 is 0.936 bits per heavy atom. The molecule has 0 spiro atoms. The van der Waals surface area contributed by atoms with Crippen LogP contribution in [0, 0.1) is 24.2 Å². The van der Waals surface area contributed by atoms with E-state index in [-0.39, 0.29) is 24.3 Å². The first-order chi connectivity index (χ1) is 22.0. The first-order valence-electron chi connectivity index (χ1n) is 16.4. The third-order valence-corrected chi connectivity index (χ3v) is 8.06. The average molecular weight is 646 g/mol. The lowest BCUT2D eigenvalue weighted by Gasteiger charge is -2.37. The molecule has 0 radical (unpaired) electrons. The number of hydrogen-bond acceptors (Lipinski definition) is 6. The van der Waals surface area contributed by atoms with Gasteiger partial charge in [0, 0.05) is 18.0 Å². The predicted molar refractivity (Wildman–Crippen MR) is 182 cm³/mol. The van der Waals surface area contributed by atoms with E-state index in [1.54, 1.807) is 70.7 Å². The van der Waals surface area contributed by atoms with Crippen LogP contribution in [0.4, 0.5) is 4.79 Å². The molecule has 1 aliphatic carbocycles. The molecule has 0 heterocycles. The summed E-state index contributed by atoms with van der Waals surface area (Å²) in [6.07, 6.45) is 6.62. The lowest BCUT2D eigenvalue weighted by atomic mass is 9.93. The van der Waals surface area contributed by atoms with Crippen molar-refractivity contribution < 1.29 is 28.7 Å². The van der Waals surface area contributed by atoms with Crippen LogP contribution in [0.3, 0.4) is 0 Å². The van der Waals surface area contributed by atoms with Crippen molar-refractivity contribution in [2.75, 3.05) is 0 Å². The Balaban J connectivity index is 2.12. The number of benzene rings is 2. The fourth-order valence-electron chi connectivity index (χ4n) is 5.40. The Labute approximate surface area is 280 Å². The van der Waals surface area contributed by atoms with Crippen LogP contribution in [0.2, 0.25) is 0 Å². The fourth-order valence-corrected chi connectivity index (χ4v) is 5.40. The molecule has 0 aromatic heterocycles. The molecule has 9 heteroatoms. The van der Waals surface area contributed by atoms with Gasteiger partial charge in [-0.1, -0.05) is 81.6 Å². The van der Waals surface area contributed by atoms with E-state index in [2.05, 4.69) is 16.6 Å². The summed E-state index contributed by atoms with van der Waals surface area (Å²) < 4.78 is 11.2. The minimum absolute atomic E-state index is 0.0947. The van der Waals surface area contributed by atoms with E-state index in [1.165, 1.54) is 0 Å². The maximum atomic E-state index is 14.7. The highest BCUT2D eigenvalue weighted by Gasteiger charge is 2.49. The second kappa shape index (κ2) is 15.5. The monoisotopic (exact) mass is 645 g/mol. The zero-order valence-corrected chi connectivity index (χ0v) is 29.3. The number of terminal acetylenes is 1. The number of nitrogens with zero attached hydrogens (tertiary/aromatic N) is 1. The topological polar surface area (TPSA) is 114 Å². The quantitative estimate of drug-likeness (QED) is 0.218. The number of nitrogens with one attached hydrogen (secondary N) is 2. The highest BCUT2D eigenvalue weighted by molar-refractivity contribution is 5.95. The normalized spacial score (nSPS) is 18.4. The number of rotatable bonds is 12. The van der Waals surface area contributed by atoms with Crippen LogP contribution in [-0.2, 0) is 30.3 Å². The van der Waals surface area contributed by atoms with Gasteiger partial charge in [0.25, 0.3) is 0 Å². The minimum Gasteiger partial charge on any atom is -0.458 e. The van der Waals surface area contributed by atoms with Gasteiger partial charge in [-0.15, -0.1) is 6.42 Å². The maximum Gasteiger partial charge on any atom is 0.408 e. The van der Waals surface area contributed by atoms with Gasteiger partial charge >= 0.3 is 12.1 Å². The molecule has 2 N–H and O–H groups in total. The van der Waals surface area contributed by atoms with Crippen LogP contribution < -0.4 is 10.6 Å². The van der Waals surface area contributed by atoms with Crippen LogP contribution in [0.1, 0.15) is 97.9 Å². The molecule has 2 aromatic rings. The van der Waals surface area contributed by atoms with Crippen molar-refractivity contribution in [1.82, 2.24) is 15.5 Å². The third kappa shape index (κ3) is 10.6. The van der Waals surface area contributed by atoms with E-state index >= 15 is 0 Å². The van der Waals surface area contributed by atoms with Crippen molar-refractivity contribution in [1.29, 1.82) is 0 Å². The van der Waals surface area contributed by atoms with Crippen molar-refractivity contribution in [3.05, 3.63) is 71.3 Å². The number of alkyl carbamates (subject to hydrolysis) is 1. The predicted octanol–water partition coefficient (Wildman–Crippen LogP) is 5.95. The van der Waals surface area contributed by atoms with Gasteiger partial charge in [0.2, 0.25) is 11.8 Å². The highest BCUT2D eigenvalue weighted by Crippen LogP contribution is 2.42. The summed E-state index contributed by atoms with van der Waals surface area (Å²) in [7, 11) is 0. The van der Waals surface area contributed by atoms with Crippen molar-refractivity contribution in [2.24, 2.45) is 11.8 Å². The molecule has 1 aliphatic rings. The summed E-state index contributed by atoms with van der Waals surface area (Å²) >= 11 is 0. The number of amides is 3. The minimum atomic E-state index is -1.20. The van der Waals surface area contributed by atoms with Crippen LogP contribution in [0.5, 0.6) is 0 Å². The molecule has 9 nitrogen and oxygen atoms in total. The van der Waals surface area contributed by atoms with Gasteiger partial charge < -0.3 is 25.0 Å². The molecule has 1 saturated carbocycles. The van der Waals surface area contributed by atoms with Gasteiger partial charge in [-0.25, -0.2) is 9.59 Å². The molecule has 0 bridgehead atoms. The van der Waals surface area contributed by atoms with Crippen LogP contribution in [0.15, 0.2) is 54.6 Å². The Morgan fingerprint density at radius 3 is 2.04 bits per heavy atom.